The van der Waals surface area contributed by atoms with Crippen molar-refractivity contribution in [1.82, 2.24) is 15.3 Å². The molecule has 28 heavy (non-hydrogen) atoms. The van der Waals surface area contributed by atoms with Crippen LogP contribution in [-0.4, -0.2) is 34.4 Å². The van der Waals surface area contributed by atoms with E-state index in [2.05, 4.69) is 15.3 Å². The molecule has 2 atom stereocenters. The Morgan fingerprint density at radius 2 is 2.18 bits per heavy atom. The Kier molecular flexibility index (Phi) is 4.83. The molecular weight excluding hydrogens is 359 g/mol. The van der Waals surface area contributed by atoms with Crippen molar-refractivity contribution in [2.24, 2.45) is 5.41 Å². The van der Waals surface area contributed by atoms with E-state index in [0.29, 0.717) is 24.5 Å². The summed E-state index contributed by atoms with van der Waals surface area (Å²) in [6.07, 6.45) is 5.48. The van der Waals surface area contributed by atoms with Crippen molar-refractivity contribution in [2.75, 3.05) is 11.4 Å². The van der Waals surface area contributed by atoms with Crippen molar-refractivity contribution >= 4 is 17.8 Å². The van der Waals surface area contributed by atoms with Crippen LogP contribution in [0.15, 0.2) is 36.5 Å². The van der Waals surface area contributed by atoms with Gasteiger partial charge in [0, 0.05) is 30.0 Å². The Morgan fingerprint density at radius 3 is 2.96 bits per heavy atom. The number of hydrogen-bond acceptors (Lipinski definition) is 4. The van der Waals surface area contributed by atoms with E-state index in [1.54, 1.807) is 23.2 Å². The summed E-state index contributed by atoms with van der Waals surface area (Å²) in [5.41, 5.74) is 0.639. The van der Waals surface area contributed by atoms with E-state index in [1.165, 1.54) is 18.2 Å². The summed E-state index contributed by atoms with van der Waals surface area (Å²) < 4.78 is 13.4. The van der Waals surface area contributed by atoms with Crippen LogP contribution in [0, 0.1) is 18.2 Å². The Labute approximate surface area is 163 Å². The molecule has 6 nitrogen and oxygen atoms in total. The minimum Gasteiger partial charge on any atom is -0.349 e. The number of halogens is 1. The predicted molar refractivity (Wildman–Crippen MR) is 102 cm³/mol. The highest BCUT2D eigenvalue weighted by atomic mass is 19.1. The number of nitrogens with one attached hydrogen (secondary N) is 1. The number of rotatable bonds is 3. The fourth-order valence-electron chi connectivity index (χ4n) is 4.38. The minimum absolute atomic E-state index is 0.0443. The molecule has 1 saturated carbocycles. The molecule has 1 saturated heterocycles. The van der Waals surface area contributed by atoms with Gasteiger partial charge in [0.05, 0.1) is 5.41 Å². The maximum atomic E-state index is 13.4. The molecular formula is C21H23FN4O2. The first-order valence-corrected chi connectivity index (χ1v) is 9.65. The molecule has 1 aromatic heterocycles. The second-order valence-electron chi connectivity index (χ2n) is 7.76. The molecule has 0 radical (unpaired) electrons. The van der Waals surface area contributed by atoms with Crippen LogP contribution in [-0.2, 0) is 4.79 Å². The van der Waals surface area contributed by atoms with Gasteiger partial charge in [-0.25, -0.2) is 14.4 Å². The van der Waals surface area contributed by atoms with Crippen LogP contribution in [0.1, 0.15) is 48.2 Å². The average molecular weight is 382 g/mol. The molecule has 2 unspecified atom stereocenters. The van der Waals surface area contributed by atoms with E-state index in [1.807, 2.05) is 6.92 Å². The van der Waals surface area contributed by atoms with E-state index in [4.69, 9.17) is 0 Å². The molecule has 4 rings (SSSR count). The van der Waals surface area contributed by atoms with Gasteiger partial charge >= 0.3 is 0 Å². The highest BCUT2D eigenvalue weighted by Crippen LogP contribution is 2.45. The van der Waals surface area contributed by atoms with Gasteiger partial charge in [-0.15, -0.1) is 0 Å². The Bertz CT molecular complexity index is 919. The summed E-state index contributed by atoms with van der Waals surface area (Å²) in [4.78, 5) is 36.0. The van der Waals surface area contributed by atoms with Gasteiger partial charge in [-0.3, -0.25) is 14.5 Å². The number of carbonyl (C=O) groups is 2. The van der Waals surface area contributed by atoms with Crippen LogP contribution in [0.5, 0.6) is 0 Å². The third kappa shape index (κ3) is 3.48. The molecule has 1 aromatic carbocycles. The number of nitrogens with zero attached hydrogens (tertiary/aromatic N) is 3. The van der Waals surface area contributed by atoms with E-state index < -0.39 is 11.2 Å². The van der Waals surface area contributed by atoms with Crippen molar-refractivity contribution in [3.63, 3.8) is 0 Å². The van der Waals surface area contributed by atoms with Crippen molar-refractivity contribution in [1.29, 1.82) is 0 Å². The maximum absolute atomic E-state index is 13.4. The van der Waals surface area contributed by atoms with Crippen LogP contribution in [0.25, 0.3) is 0 Å². The number of benzene rings is 1. The molecule has 1 aliphatic heterocycles. The number of anilines is 1. The molecule has 2 aromatic rings. The zero-order chi connectivity index (χ0) is 19.7. The summed E-state index contributed by atoms with van der Waals surface area (Å²) in [6.45, 7) is 2.47. The number of carbonyl (C=O) groups excluding carboxylic acids is 2. The minimum atomic E-state index is -0.481. The second kappa shape index (κ2) is 7.30. The first-order valence-electron chi connectivity index (χ1n) is 9.65. The maximum Gasteiger partial charge on any atom is 0.251 e. The molecule has 1 spiro atoms. The Balaban J connectivity index is 1.47. The van der Waals surface area contributed by atoms with Crippen molar-refractivity contribution in [2.45, 2.75) is 45.1 Å². The standard InChI is InChI=1S/C21H23FN4O2/c1-14-7-10-23-20(24-14)26-11-9-21(19(26)28)8-3-6-17(13-21)25-18(27)15-4-2-5-16(22)12-15/h2,4-5,7,10,12,17H,3,6,8-9,11,13H2,1H3,(H,25,27). The Morgan fingerprint density at radius 1 is 1.32 bits per heavy atom. The highest BCUT2D eigenvalue weighted by molar-refractivity contribution is 5.99. The van der Waals surface area contributed by atoms with Crippen LogP contribution in [0.2, 0.25) is 0 Å². The fourth-order valence-corrected chi connectivity index (χ4v) is 4.38. The highest BCUT2D eigenvalue weighted by Gasteiger charge is 2.50. The van der Waals surface area contributed by atoms with Crippen LogP contribution < -0.4 is 10.2 Å². The van der Waals surface area contributed by atoms with Gasteiger partial charge in [0.15, 0.2) is 0 Å². The zero-order valence-electron chi connectivity index (χ0n) is 15.8. The fraction of sp³-hybridized carbons (Fsp3) is 0.429. The lowest BCUT2D eigenvalue weighted by molar-refractivity contribution is -0.127. The summed E-state index contributed by atoms with van der Waals surface area (Å²) in [7, 11) is 0. The normalized spacial score (nSPS) is 24.6. The molecule has 146 valence electrons. The van der Waals surface area contributed by atoms with Gasteiger partial charge < -0.3 is 5.32 Å². The van der Waals surface area contributed by atoms with E-state index in [9.17, 15) is 14.0 Å². The summed E-state index contributed by atoms with van der Waals surface area (Å²) in [6, 6.07) is 7.35. The van der Waals surface area contributed by atoms with Crippen LogP contribution in [0.3, 0.4) is 0 Å². The second-order valence-corrected chi connectivity index (χ2v) is 7.76. The van der Waals surface area contributed by atoms with Crippen molar-refractivity contribution in [3.8, 4) is 0 Å². The topological polar surface area (TPSA) is 75.2 Å². The predicted octanol–water partition coefficient (Wildman–Crippen LogP) is 3.02. The van der Waals surface area contributed by atoms with Gasteiger partial charge in [0.25, 0.3) is 5.91 Å². The van der Waals surface area contributed by atoms with Gasteiger partial charge in [-0.05, 0) is 56.9 Å². The van der Waals surface area contributed by atoms with E-state index in [0.717, 1.165) is 31.4 Å². The summed E-state index contributed by atoms with van der Waals surface area (Å²) in [5.74, 6) is -0.242. The average Bonchev–Trinajstić information content (AvgIpc) is 2.97. The third-order valence-electron chi connectivity index (χ3n) is 5.80. The Hall–Kier alpha value is -2.83. The lowest BCUT2D eigenvalue weighted by atomic mass is 9.71. The summed E-state index contributed by atoms with van der Waals surface area (Å²) in [5, 5.41) is 2.99. The lowest BCUT2D eigenvalue weighted by Crippen LogP contribution is -2.46. The molecule has 2 fully saturated rings. The smallest absolute Gasteiger partial charge is 0.251 e. The van der Waals surface area contributed by atoms with Gasteiger partial charge in [-0.2, -0.15) is 0 Å². The first-order chi connectivity index (χ1) is 13.5. The quantitative estimate of drug-likeness (QED) is 0.885. The number of aryl methyl sites for hydroxylation is 1. The largest absolute Gasteiger partial charge is 0.349 e. The summed E-state index contributed by atoms with van der Waals surface area (Å²) >= 11 is 0. The number of aromatic nitrogens is 2. The van der Waals surface area contributed by atoms with Gasteiger partial charge in [-0.1, -0.05) is 12.5 Å². The molecule has 0 bridgehead atoms. The van der Waals surface area contributed by atoms with Gasteiger partial charge in [0.1, 0.15) is 5.82 Å². The van der Waals surface area contributed by atoms with Crippen molar-refractivity contribution in [3.05, 3.63) is 53.6 Å². The van der Waals surface area contributed by atoms with Gasteiger partial charge in [0.2, 0.25) is 11.9 Å². The monoisotopic (exact) mass is 382 g/mol. The third-order valence-corrected chi connectivity index (χ3v) is 5.80. The van der Waals surface area contributed by atoms with E-state index in [-0.39, 0.29) is 17.9 Å². The molecule has 2 amide bonds. The number of hydrogen-bond donors (Lipinski definition) is 1. The first kappa shape index (κ1) is 18.5. The molecule has 1 aliphatic carbocycles. The van der Waals surface area contributed by atoms with Crippen molar-refractivity contribution < 1.29 is 14.0 Å². The molecule has 7 heteroatoms. The molecule has 2 heterocycles. The number of amides is 2. The molecule has 2 aliphatic rings. The SMILES string of the molecule is Cc1ccnc(N2CCC3(CCCC(NC(=O)c4cccc(F)c4)C3)C2=O)n1. The zero-order valence-corrected chi connectivity index (χ0v) is 15.8. The lowest BCUT2D eigenvalue weighted by Gasteiger charge is -2.36. The van der Waals surface area contributed by atoms with E-state index >= 15 is 0 Å². The van der Waals surface area contributed by atoms with Crippen LogP contribution >= 0.6 is 0 Å². The van der Waals surface area contributed by atoms with Crippen LogP contribution in [0.4, 0.5) is 10.3 Å². The molecule has 1 N–H and O–H groups in total.